The largest absolute Gasteiger partial charge is 0.344 e. The number of rotatable bonds is 5. The molecule has 32 heavy (non-hydrogen) atoms. The lowest BCUT2D eigenvalue weighted by Crippen LogP contribution is -2.56. The molecule has 1 saturated carbocycles. The Kier molecular flexibility index (Phi) is 7.48. The predicted octanol–water partition coefficient (Wildman–Crippen LogP) is 3.53. The van der Waals surface area contributed by atoms with E-state index >= 15 is 0 Å². The Morgan fingerprint density at radius 2 is 1.44 bits per heavy atom. The van der Waals surface area contributed by atoms with Gasteiger partial charge >= 0.3 is 0 Å². The average molecular weight is 440 g/mol. The zero-order valence-corrected chi connectivity index (χ0v) is 19.4. The van der Waals surface area contributed by atoms with Crippen LogP contribution in [0.2, 0.25) is 0 Å². The molecule has 0 radical (unpaired) electrons. The number of nitrogens with one attached hydrogen (secondary N) is 1. The number of carbonyl (C=O) groups is 3. The van der Waals surface area contributed by atoms with Crippen molar-refractivity contribution in [3.8, 4) is 0 Å². The van der Waals surface area contributed by atoms with Crippen LogP contribution in [0.25, 0.3) is 0 Å². The number of hydrogen-bond acceptors (Lipinski definition) is 3. The van der Waals surface area contributed by atoms with Gasteiger partial charge in [0.05, 0.1) is 0 Å². The topological polar surface area (TPSA) is 69.7 Å². The van der Waals surface area contributed by atoms with Crippen molar-refractivity contribution in [2.75, 3.05) is 26.2 Å². The van der Waals surface area contributed by atoms with Crippen molar-refractivity contribution in [3.63, 3.8) is 0 Å². The smallest absolute Gasteiger partial charge is 0.253 e. The number of likely N-dealkylation sites (tertiary alicyclic amines) is 2. The summed E-state index contributed by atoms with van der Waals surface area (Å²) in [5.41, 5.74) is 1.85. The summed E-state index contributed by atoms with van der Waals surface area (Å²) in [5.74, 6) is 0.319. The Morgan fingerprint density at radius 1 is 0.812 bits per heavy atom. The van der Waals surface area contributed by atoms with Gasteiger partial charge in [0.2, 0.25) is 11.8 Å². The van der Waals surface area contributed by atoms with Crippen molar-refractivity contribution in [3.05, 3.63) is 35.4 Å². The van der Waals surface area contributed by atoms with E-state index in [9.17, 15) is 14.4 Å². The Hall–Kier alpha value is -2.37. The highest BCUT2D eigenvalue weighted by Crippen LogP contribution is 2.28. The van der Waals surface area contributed by atoms with Gasteiger partial charge in [-0.1, -0.05) is 30.5 Å². The summed E-state index contributed by atoms with van der Waals surface area (Å²) in [5, 5.41) is 3.17. The molecule has 6 nitrogen and oxygen atoms in total. The van der Waals surface area contributed by atoms with Gasteiger partial charge in [0, 0.05) is 37.7 Å². The van der Waals surface area contributed by atoms with Crippen molar-refractivity contribution in [1.29, 1.82) is 0 Å². The van der Waals surface area contributed by atoms with Crippen molar-refractivity contribution >= 4 is 17.7 Å². The number of aryl methyl sites for hydroxylation is 1. The van der Waals surface area contributed by atoms with Crippen LogP contribution in [-0.4, -0.2) is 59.7 Å². The van der Waals surface area contributed by atoms with Crippen LogP contribution in [-0.2, 0) is 9.59 Å². The molecule has 0 spiro atoms. The number of piperidine rings is 2. The van der Waals surface area contributed by atoms with Crippen LogP contribution < -0.4 is 5.32 Å². The fraction of sp³-hybridized carbons (Fsp3) is 0.654. The van der Waals surface area contributed by atoms with Crippen LogP contribution in [0.4, 0.5) is 0 Å². The molecule has 0 aromatic heterocycles. The predicted molar refractivity (Wildman–Crippen MR) is 124 cm³/mol. The lowest BCUT2D eigenvalue weighted by atomic mass is 9.87. The number of carbonyl (C=O) groups excluding carboxylic acids is 3. The fourth-order valence-electron chi connectivity index (χ4n) is 5.47. The minimum Gasteiger partial charge on any atom is -0.344 e. The van der Waals surface area contributed by atoms with E-state index in [-0.39, 0.29) is 29.6 Å². The van der Waals surface area contributed by atoms with Crippen molar-refractivity contribution in [1.82, 2.24) is 15.1 Å². The first-order valence-electron chi connectivity index (χ1n) is 12.5. The molecule has 1 N–H and O–H groups in total. The Labute approximate surface area is 191 Å². The normalized spacial score (nSPS) is 21.4. The maximum atomic E-state index is 13.4. The molecular formula is C26H37N3O3. The van der Waals surface area contributed by atoms with Gasteiger partial charge in [-0.15, -0.1) is 0 Å². The first kappa shape index (κ1) is 22.8. The SMILES string of the molecule is Cc1ccc(C(=O)N2CCC([C@H](NC(=O)C3CCCC3)C(=O)N3CCCCC3)CC2)cc1. The van der Waals surface area contributed by atoms with E-state index in [2.05, 4.69) is 5.32 Å². The van der Waals surface area contributed by atoms with E-state index in [4.69, 9.17) is 0 Å². The Bertz CT molecular complexity index is 802. The van der Waals surface area contributed by atoms with Crippen LogP contribution >= 0.6 is 0 Å². The molecule has 1 atom stereocenters. The Morgan fingerprint density at radius 3 is 2.06 bits per heavy atom. The second kappa shape index (κ2) is 10.5. The van der Waals surface area contributed by atoms with E-state index in [0.29, 0.717) is 18.7 Å². The third-order valence-corrected chi connectivity index (χ3v) is 7.55. The molecule has 3 fully saturated rings. The van der Waals surface area contributed by atoms with Gasteiger partial charge in [-0.2, -0.15) is 0 Å². The summed E-state index contributed by atoms with van der Waals surface area (Å²) in [6, 6.07) is 7.23. The average Bonchev–Trinajstić information content (AvgIpc) is 3.38. The molecule has 2 saturated heterocycles. The Balaban J connectivity index is 1.41. The molecule has 3 amide bonds. The number of amides is 3. The first-order valence-corrected chi connectivity index (χ1v) is 12.5. The zero-order valence-electron chi connectivity index (χ0n) is 19.4. The molecule has 3 aliphatic rings. The third kappa shape index (κ3) is 5.33. The van der Waals surface area contributed by atoms with Gasteiger partial charge in [0.1, 0.15) is 6.04 Å². The fourth-order valence-corrected chi connectivity index (χ4v) is 5.47. The number of nitrogens with zero attached hydrogens (tertiary/aromatic N) is 2. The van der Waals surface area contributed by atoms with Crippen molar-refractivity contribution in [2.24, 2.45) is 11.8 Å². The number of hydrogen-bond donors (Lipinski definition) is 1. The van der Waals surface area contributed by atoms with Gasteiger partial charge in [-0.25, -0.2) is 0 Å². The summed E-state index contributed by atoms with van der Waals surface area (Å²) in [4.78, 5) is 43.1. The van der Waals surface area contributed by atoms with Crippen LogP contribution in [0.5, 0.6) is 0 Å². The molecule has 174 valence electrons. The zero-order chi connectivity index (χ0) is 22.5. The molecule has 6 heteroatoms. The molecule has 4 rings (SSSR count). The summed E-state index contributed by atoms with van der Waals surface area (Å²) >= 11 is 0. The van der Waals surface area contributed by atoms with E-state index in [1.807, 2.05) is 41.0 Å². The molecule has 1 aromatic rings. The summed E-state index contributed by atoms with van der Waals surface area (Å²) < 4.78 is 0. The van der Waals surface area contributed by atoms with Gasteiger partial charge in [0.15, 0.2) is 0 Å². The highest BCUT2D eigenvalue weighted by molar-refractivity contribution is 5.94. The van der Waals surface area contributed by atoms with Crippen molar-refractivity contribution in [2.45, 2.75) is 70.8 Å². The highest BCUT2D eigenvalue weighted by atomic mass is 16.2. The van der Waals surface area contributed by atoms with Crippen LogP contribution in [0.3, 0.4) is 0 Å². The standard InChI is InChI=1S/C26H37N3O3/c1-19-9-11-22(12-10-19)25(31)29-17-13-20(14-18-29)23(26(32)28-15-5-2-6-16-28)27-24(30)21-7-3-4-8-21/h9-12,20-21,23H,2-8,13-18H2,1H3,(H,27,30)/t23-/m0/s1. The molecule has 1 aliphatic carbocycles. The first-order chi connectivity index (χ1) is 15.5. The molecule has 2 aliphatic heterocycles. The lowest BCUT2D eigenvalue weighted by molar-refractivity contribution is -0.140. The van der Waals surface area contributed by atoms with Gasteiger partial charge in [-0.05, 0) is 69.9 Å². The molecular weight excluding hydrogens is 402 g/mol. The van der Waals surface area contributed by atoms with E-state index < -0.39 is 6.04 Å². The second-order valence-electron chi connectivity index (χ2n) is 9.85. The van der Waals surface area contributed by atoms with Gasteiger partial charge in [0.25, 0.3) is 5.91 Å². The van der Waals surface area contributed by atoms with E-state index in [1.54, 1.807) is 0 Å². The van der Waals surface area contributed by atoms with Crippen molar-refractivity contribution < 1.29 is 14.4 Å². The summed E-state index contributed by atoms with van der Waals surface area (Å²) in [6.07, 6.45) is 8.80. The lowest BCUT2D eigenvalue weighted by Gasteiger charge is -2.39. The number of benzene rings is 1. The quantitative estimate of drug-likeness (QED) is 0.763. The van der Waals surface area contributed by atoms with Crippen LogP contribution in [0.1, 0.15) is 73.7 Å². The maximum Gasteiger partial charge on any atom is 0.253 e. The van der Waals surface area contributed by atoms with Crippen LogP contribution in [0, 0.1) is 18.8 Å². The van der Waals surface area contributed by atoms with E-state index in [0.717, 1.165) is 70.0 Å². The van der Waals surface area contributed by atoms with Gasteiger partial charge < -0.3 is 15.1 Å². The van der Waals surface area contributed by atoms with Crippen LogP contribution in [0.15, 0.2) is 24.3 Å². The third-order valence-electron chi connectivity index (χ3n) is 7.55. The monoisotopic (exact) mass is 439 g/mol. The summed E-state index contributed by atoms with van der Waals surface area (Å²) in [6.45, 7) is 4.85. The molecule has 0 bridgehead atoms. The molecule has 1 aromatic carbocycles. The molecule has 2 heterocycles. The van der Waals surface area contributed by atoms with E-state index in [1.165, 1.54) is 6.42 Å². The maximum absolute atomic E-state index is 13.4. The van der Waals surface area contributed by atoms with Gasteiger partial charge in [-0.3, -0.25) is 14.4 Å². The minimum atomic E-state index is -0.460. The summed E-state index contributed by atoms with van der Waals surface area (Å²) in [7, 11) is 0. The second-order valence-corrected chi connectivity index (χ2v) is 9.85. The molecule has 0 unspecified atom stereocenters. The highest BCUT2D eigenvalue weighted by Gasteiger charge is 2.37. The minimum absolute atomic E-state index is 0.0508.